The Labute approximate surface area is 117 Å². The zero-order valence-corrected chi connectivity index (χ0v) is 11.7. The van der Waals surface area contributed by atoms with E-state index in [1.807, 2.05) is 11.8 Å². The Hall–Kier alpha value is -1.48. The molecule has 0 saturated heterocycles. The SMILES string of the molecule is O=C(O)CCCCCSc1ccc2ccccc2c1. The number of hydrogen-bond donors (Lipinski definition) is 1. The number of unbranched alkanes of at least 4 members (excludes halogenated alkanes) is 2. The molecular weight excluding hydrogens is 256 g/mol. The van der Waals surface area contributed by atoms with Gasteiger partial charge in [-0.2, -0.15) is 0 Å². The fourth-order valence-corrected chi connectivity index (χ4v) is 2.96. The van der Waals surface area contributed by atoms with Crippen LogP contribution in [0, 0.1) is 0 Å². The zero-order valence-electron chi connectivity index (χ0n) is 10.8. The van der Waals surface area contributed by atoms with Gasteiger partial charge < -0.3 is 5.11 Å². The van der Waals surface area contributed by atoms with Crippen molar-refractivity contribution in [2.24, 2.45) is 0 Å². The lowest BCUT2D eigenvalue weighted by molar-refractivity contribution is -0.137. The molecule has 0 aliphatic carbocycles. The Morgan fingerprint density at radius 2 is 1.79 bits per heavy atom. The van der Waals surface area contributed by atoms with Crippen molar-refractivity contribution in [2.45, 2.75) is 30.6 Å². The number of benzene rings is 2. The third-order valence-electron chi connectivity index (χ3n) is 3.02. The summed E-state index contributed by atoms with van der Waals surface area (Å²) in [7, 11) is 0. The summed E-state index contributed by atoms with van der Waals surface area (Å²) in [5, 5.41) is 11.1. The maximum Gasteiger partial charge on any atom is 0.303 e. The molecule has 3 heteroatoms. The second-order valence-corrected chi connectivity index (χ2v) is 5.73. The minimum atomic E-state index is -0.692. The molecule has 0 unspecified atom stereocenters. The number of carbonyl (C=O) groups is 1. The Bertz CT molecular complexity index is 551. The smallest absolute Gasteiger partial charge is 0.303 e. The highest BCUT2D eigenvalue weighted by Gasteiger charge is 1.99. The van der Waals surface area contributed by atoms with E-state index in [4.69, 9.17) is 5.11 Å². The first kappa shape index (κ1) is 13.9. The highest BCUT2D eigenvalue weighted by atomic mass is 32.2. The van der Waals surface area contributed by atoms with Gasteiger partial charge in [-0.15, -0.1) is 11.8 Å². The molecular formula is C16H18O2S. The van der Waals surface area contributed by atoms with Crippen LogP contribution in [-0.4, -0.2) is 16.8 Å². The first-order valence-electron chi connectivity index (χ1n) is 6.59. The van der Waals surface area contributed by atoms with Gasteiger partial charge in [0.25, 0.3) is 0 Å². The van der Waals surface area contributed by atoms with E-state index in [0.717, 1.165) is 25.0 Å². The van der Waals surface area contributed by atoms with Crippen LogP contribution in [0.2, 0.25) is 0 Å². The van der Waals surface area contributed by atoms with E-state index in [9.17, 15) is 4.79 Å². The molecule has 0 bridgehead atoms. The molecule has 19 heavy (non-hydrogen) atoms. The maximum absolute atomic E-state index is 10.4. The molecule has 0 radical (unpaired) electrons. The molecule has 0 atom stereocenters. The quantitative estimate of drug-likeness (QED) is 0.593. The fourth-order valence-electron chi connectivity index (χ4n) is 2.00. The number of carboxylic acids is 1. The van der Waals surface area contributed by atoms with E-state index in [0.29, 0.717) is 6.42 Å². The van der Waals surface area contributed by atoms with Gasteiger partial charge >= 0.3 is 5.97 Å². The molecule has 0 aliphatic heterocycles. The van der Waals surface area contributed by atoms with Gasteiger partial charge in [0, 0.05) is 11.3 Å². The van der Waals surface area contributed by atoms with Gasteiger partial charge in [-0.25, -0.2) is 0 Å². The number of thioether (sulfide) groups is 1. The highest BCUT2D eigenvalue weighted by molar-refractivity contribution is 7.99. The Kier molecular flexibility index (Phi) is 5.28. The summed E-state index contributed by atoms with van der Waals surface area (Å²) in [5.74, 6) is 0.361. The zero-order chi connectivity index (χ0) is 13.5. The molecule has 2 rings (SSSR count). The van der Waals surface area contributed by atoms with Crippen molar-refractivity contribution in [1.29, 1.82) is 0 Å². The molecule has 1 N–H and O–H groups in total. The van der Waals surface area contributed by atoms with Gasteiger partial charge in [0.2, 0.25) is 0 Å². The van der Waals surface area contributed by atoms with Crippen molar-refractivity contribution in [3.63, 3.8) is 0 Å². The predicted octanol–water partition coefficient (Wildman–Crippen LogP) is 4.58. The summed E-state index contributed by atoms with van der Waals surface area (Å²) in [4.78, 5) is 11.7. The second-order valence-electron chi connectivity index (χ2n) is 4.56. The summed E-state index contributed by atoms with van der Waals surface area (Å²) in [6, 6.07) is 14.9. The van der Waals surface area contributed by atoms with Crippen LogP contribution in [0.1, 0.15) is 25.7 Å². The number of rotatable bonds is 7. The molecule has 2 aromatic rings. The van der Waals surface area contributed by atoms with Crippen LogP contribution in [0.3, 0.4) is 0 Å². The molecule has 2 nitrogen and oxygen atoms in total. The van der Waals surface area contributed by atoms with Gasteiger partial charge in [-0.1, -0.05) is 36.8 Å². The van der Waals surface area contributed by atoms with E-state index in [2.05, 4.69) is 42.5 Å². The van der Waals surface area contributed by atoms with Gasteiger partial charge in [-0.3, -0.25) is 4.79 Å². The number of carboxylic acid groups (broad SMARTS) is 1. The van der Waals surface area contributed by atoms with Crippen LogP contribution in [0.5, 0.6) is 0 Å². The number of aliphatic carboxylic acids is 1. The molecule has 100 valence electrons. The van der Waals surface area contributed by atoms with E-state index in [-0.39, 0.29) is 0 Å². The molecule has 0 heterocycles. The van der Waals surface area contributed by atoms with Crippen LogP contribution in [-0.2, 0) is 4.79 Å². The summed E-state index contributed by atoms with van der Waals surface area (Å²) in [5.41, 5.74) is 0. The highest BCUT2D eigenvalue weighted by Crippen LogP contribution is 2.24. The molecule has 0 fully saturated rings. The summed E-state index contributed by atoms with van der Waals surface area (Å²) >= 11 is 1.85. The monoisotopic (exact) mass is 274 g/mol. The fraction of sp³-hybridized carbons (Fsp3) is 0.312. The van der Waals surface area contributed by atoms with Crippen LogP contribution < -0.4 is 0 Å². The minimum Gasteiger partial charge on any atom is -0.481 e. The second kappa shape index (κ2) is 7.19. The number of hydrogen-bond acceptors (Lipinski definition) is 2. The third kappa shape index (κ3) is 4.60. The van der Waals surface area contributed by atoms with Gasteiger partial charge in [0.15, 0.2) is 0 Å². The average Bonchev–Trinajstić information content (AvgIpc) is 2.42. The molecule has 0 spiro atoms. The Morgan fingerprint density at radius 1 is 1.00 bits per heavy atom. The summed E-state index contributed by atoms with van der Waals surface area (Å²) in [6.45, 7) is 0. The van der Waals surface area contributed by atoms with E-state index in [1.54, 1.807) is 0 Å². The predicted molar refractivity (Wildman–Crippen MR) is 80.8 cm³/mol. The van der Waals surface area contributed by atoms with Gasteiger partial charge in [0.1, 0.15) is 0 Å². The molecule has 0 amide bonds. The normalized spacial score (nSPS) is 10.7. The first-order valence-corrected chi connectivity index (χ1v) is 7.58. The first-order chi connectivity index (χ1) is 9.25. The minimum absolute atomic E-state index is 0.292. The summed E-state index contributed by atoms with van der Waals surface area (Å²) in [6.07, 6.45) is 3.14. The van der Waals surface area contributed by atoms with Crippen LogP contribution in [0.25, 0.3) is 10.8 Å². The van der Waals surface area contributed by atoms with Gasteiger partial charge in [-0.05, 0) is 41.5 Å². The van der Waals surface area contributed by atoms with E-state index >= 15 is 0 Å². The third-order valence-corrected chi connectivity index (χ3v) is 4.10. The van der Waals surface area contributed by atoms with Crippen molar-refractivity contribution in [3.05, 3.63) is 42.5 Å². The average molecular weight is 274 g/mol. The molecule has 0 saturated carbocycles. The molecule has 0 aliphatic rings. The van der Waals surface area contributed by atoms with Crippen molar-refractivity contribution in [2.75, 3.05) is 5.75 Å². The van der Waals surface area contributed by atoms with Crippen LogP contribution >= 0.6 is 11.8 Å². The van der Waals surface area contributed by atoms with Crippen molar-refractivity contribution < 1.29 is 9.90 Å². The van der Waals surface area contributed by atoms with Crippen molar-refractivity contribution in [3.8, 4) is 0 Å². The lowest BCUT2D eigenvalue weighted by Gasteiger charge is -2.03. The van der Waals surface area contributed by atoms with Crippen LogP contribution in [0.15, 0.2) is 47.4 Å². The van der Waals surface area contributed by atoms with Crippen LogP contribution in [0.4, 0.5) is 0 Å². The standard InChI is InChI=1S/C16H18O2S/c17-16(18)8-2-1-5-11-19-15-10-9-13-6-3-4-7-14(13)12-15/h3-4,6-7,9-10,12H,1-2,5,8,11H2,(H,17,18). The summed E-state index contributed by atoms with van der Waals surface area (Å²) < 4.78 is 0. The lowest BCUT2D eigenvalue weighted by Crippen LogP contribution is -1.93. The largest absolute Gasteiger partial charge is 0.481 e. The van der Waals surface area contributed by atoms with Crippen molar-refractivity contribution in [1.82, 2.24) is 0 Å². The van der Waals surface area contributed by atoms with E-state index in [1.165, 1.54) is 15.7 Å². The Morgan fingerprint density at radius 3 is 2.58 bits per heavy atom. The molecule has 2 aromatic carbocycles. The topological polar surface area (TPSA) is 37.3 Å². The van der Waals surface area contributed by atoms with E-state index < -0.39 is 5.97 Å². The molecule has 0 aromatic heterocycles. The van der Waals surface area contributed by atoms with Crippen molar-refractivity contribution >= 4 is 28.5 Å². The van der Waals surface area contributed by atoms with Gasteiger partial charge in [0.05, 0.1) is 0 Å². The maximum atomic E-state index is 10.4. The Balaban J connectivity index is 1.77. The number of fused-ring (bicyclic) bond motifs is 1. The lowest BCUT2D eigenvalue weighted by atomic mass is 10.1.